The summed E-state index contributed by atoms with van der Waals surface area (Å²) in [5.41, 5.74) is 1.31. The molecule has 1 fully saturated rings. The summed E-state index contributed by atoms with van der Waals surface area (Å²) in [6, 6.07) is 9.83. The minimum atomic E-state index is -1.22. The van der Waals surface area contributed by atoms with Crippen molar-refractivity contribution in [2.75, 3.05) is 11.6 Å². The van der Waals surface area contributed by atoms with Crippen molar-refractivity contribution in [3.63, 3.8) is 0 Å². The lowest BCUT2D eigenvalue weighted by Gasteiger charge is -2.24. The van der Waals surface area contributed by atoms with Gasteiger partial charge in [0.05, 0.1) is 12.3 Å². The Morgan fingerprint density at radius 3 is 2.33 bits per heavy atom. The van der Waals surface area contributed by atoms with Crippen molar-refractivity contribution < 1.29 is 34.1 Å². The third-order valence-corrected chi connectivity index (χ3v) is 7.20. The highest BCUT2D eigenvalue weighted by Gasteiger charge is 2.36. The normalized spacial score (nSPS) is 15.8. The molecule has 0 aromatic heterocycles. The summed E-state index contributed by atoms with van der Waals surface area (Å²) >= 11 is 13.6. The number of thioether (sulfide) groups is 1. The number of halogens is 2. The number of nitrogens with zero attached hydrogens (tertiary/aromatic N) is 1. The van der Waals surface area contributed by atoms with Gasteiger partial charge in [-0.05, 0) is 29.8 Å². The summed E-state index contributed by atoms with van der Waals surface area (Å²) in [5, 5.41) is 21.9. The second-order valence-corrected chi connectivity index (χ2v) is 9.82. The molecule has 0 radical (unpaired) electrons. The molecule has 2 aromatic carbocycles. The largest absolute Gasteiger partial charge is 0.489 e. The van der Waals surface area contributed by atoms with E-state index in [4.69, 9.17) is 33.0 Å². The van der Waals surface area contributed by atoms with Crippen molar-refractivity contribution in [1.82, 2.24) is 10.2 Å². The van der Waals surface area contributed by atoms with Crippen LogP contribution >= 0.6 is 35.0 Å². The second-order valence-electron chi connectivity index (χ2n) is 8.01. The number of benzene rings is 2. The topological polar surface area (TPSA) is 133 Å². The molecule has 2 atom stereocenters. The van der Waals surface area contributed by atoms with Crippen LogP contribution in [0, 0.1) is 0 Å². The molecule has 9 nitrogen and oxygen atoms in total. The average molecular weight is 555 g/mol. The molecule has 0 bridgehead atoms. The molecule has 3 rings (SSSR count). The van der Waals surface area contributed by atoms with Crippen LogP contribution < -0.4 is 10.1 Å². The van der Waals surface area contributed by atoms with Crippen molar-refractivity contribution in [1.29, 1.82) is 0 Å². The second kappa shape index (κ2) is 12.8. The number of hydrogen-bond acceptors (Lipinski definition) is 6. The number of aliphatic carboxylic acids is 2. The Bertz CT molecular complexity index is 1110. The Morgan fingerprint density at radius 1 is 1.06 bits per heavy atom. The minimum Gasteiger partial charge on any atom is -0.489 e. The van der Waals surface area contributed by atoms with Gasteiger partial charge in [0.15, 0.2) is 0 Å². The molecule has 0 aliphatic carbocycles. The van der Waals surface area contributed by atoms with Crippen LogP contribution in [0.15, 0.2) is 42.5 Å². The number of carbonyl (C=O) groups is 4. The summed E-state index contributed by atoms with van der Waals surface area (Å²) in [7, 11) is 0. The van der Waals surface area contributed by atoms with Crippen LogP contribution in [0.4, 0.5) is 0 Å². The molecule has 1 aliphatic rings. The number of rotatable bonds is 11. The van der Waals surface area contributed by atoms with Gasteiger partial charge in [-0.3, -0.25) is 14.4 Å². The first kappa shape index (κ1) is 27.6. The number of carbonyl (C=O) groups excluding carboxylic acids is 2. The molecule has 1 heterocycles. The fraction of sp³-hybridized carbons (Fsp3) is 0.333. The van der Waals surface area contributed by atoms with Gasteiger partial charge < -0.3 is 25.2 Å². The van der Waals surface area contributed by atoms with Crippen molar-refractivity contribution in [2.45, 2.75) is 38.0 Å². The van der Waals surface area contributed by atoms with Gasteiger partial charge in [-0.2, -0.15) is 0 Å². The molecule has 3 N–H and O–H groups in total. The summed E-state index contributed by atoms with van der Waals surface area (Å²) in [6.07, 6.45) is -0.541. The zero-order valence-electron chi connectivity index (χ0n) is 19.0. The maximum Gasteiger partial charge on any atom is 0.326 e. The van der Waals surface area contributed by atoms with Gasteiger partial charge in [0.2, 0.25) is 11.8 Å². The van der Waals surface area contributed by atoms with Crippen LogP contribution in [-0.4, -0.2) is 62.6 Å². The van der Waals surface area contributed by atoms with Crippen molar-refractivity contribution in [3.05, 3.63) is 63.6 Å². The van der Waals surface area contributed by atoms with Gasteiger partial charge >= 0.3 is 11.9 Å². The first-order valence-electron chi connectivity index (χ1n) is 10.9. The monoisotopic (exact) mass is 554 g/mol. The predicted molar refractivity (Wildman–Crippen MR) is 135 cm³/mol. The lowest BCUT2D eigenvalue weighted by molar-refractivity contribution is -0.145. The smallest absolute Gasteiger partial charge is 0.326 e. The molecule has 2 aromatic rings. The maximum atomic E-state index is 12.8. The molecule has 0 spiro atoms. The molecule has 192 valence electrons. The Balaban J connectivity index is 1.58. The lowest BCUT2D eigenvalue weighted by atomic mass is 10.1. The highest BCUT2D eigenvalue weighted by molar-refractivity contribution is 7.99. The third kappa shape index (κ3) is 7.52. The fourth-order valence-electron chi connectivity index (χ4n) is 3.51. The van der Waals surface area contributed by atoms with E-state index in [0.717, 1.165) is 0 Å². The standard InChI is InChI=1S/C24H24Cl2N2O7S/c25-17-2-1-3-18(26)16(17)11-35-15-6-4-14(5-7-15)10-19(24(33)34)27-23(32)20-12-36-13-28(20)21(29)8-9-22(30)31/h1-7,19-20H,8-13H2,(H,27,32)(H,30,31)(H,33,34). The molecule has 36 heavy (non-hydrogen) atoms. The molecular weight excluding hydrogens is 531 g/mol. The van der Waals surface area contributed by atoms with Gasteiger partial charge in [-0.1, -0.05) is 41.4 Å². The first-order valence-corrected chi connectivity index (χ1v) is 12.8. The summed E-state index contributed by atoms with van der Waals surface area (Å²) < 4.78 is 5.73. The van der Waals surface area contributed by atoms with Crippen LogP contribution in [-0.2, 0) is 32.2 Å². The molecular formula is C24H24Cl2N2O7S. The Hall–Kier alpha value is -2.95. The van der Waals surface area contributed by atoms with Crippen molar-refractivity contribution >= 4 is 58.7 Å². The van der Waals surface area contributed by atoms with E-state index in [-0.39, 0.29) is 31.7 Å². The molecule has 2 unspecified atom stereocenters. The lowest BCUT2D eigenvalue weighted by Crippen LogP contribution is -2.52. The van der Waals surface area contributed by atoms with Crippen LogP contribution in [0.25, 0.3) is 0 Å². The highest BCUT2D eigenvalue weighted by atomic mass is 35.5. The molecule has 0 saturated carbocycles. The molecule has 12 heteroatoms. The van der Waals surface area contributed by atoms with E-state index < -0.39 is 35.8 Å². The first-order chi connectivity index (χ1) is 17.2. The number of carboxylic acid groups (broad SMARTS) is 2. The zero-order valence-corrected chi connectivity index (χ0v) is 21.3. The Morgan fingerprint density at radius 2 is 1.72 bits per heavy atom. The van der Waals surface area contributed by atoms with E-state index in [0.29, 0.717) is 32.7 Å². The van der Waals surface area contributed by atoms with Gasteiger partial charge in [-0.25, -0.2) is 4.79 Å². The van der Waals surface area contributed by atoms with Gasteiger partial charge in [0.25, 0.3) is 0 Å². The van der Waals surface area contributed by atoms with E-state index in [2.05, 4.69) is 5.32 Å². The van der Waals surface area contributed by atoms with Gasteiger partial charge in [-0.15, -0.1) is 11.8 Å². The van der Waals surface area contributed by atoms with E-state index in [1.807, 2.05) is 0 Å². The fourth-order valence-corrected chi connectivity index (χ4v) is 5.20. The number of ether oxygens (including phenoxy) is 1. The van der Waals surface area contributed by atoms with E-state index >= 15 is 0 Å². The van der Waals surface area contributed by atoms with Gasteiger partial charge in [0.1, 0.15) is 24.4 Å². The quantitative estimate of drug-likeness (QED) is 0.384. The zero-order chi connectivity index (χ0) is 26.2. The number of nitrogens with one attached hydrogen (secondary N) is 1. The van der Waals surface area contributed by atoms with Crippen molar-refractivity contribution in [3.8, 4) is 5.75 Å². The Kier molecular flexibility index (Phi) is 9.86. The minimum absolute atomic E-state index is 0.0184. The summed E-state index contributed by atoms with van der Waals surface area (Å²) in [5.74, 6) is -2.29. The van der Waals surface area contributed by atoms with Crippen LogP contribution in [0.1, 0.15) is 24.0 Å². The summed E-state index contributed by atoms with van der Waals surface area (Å²) in [4.78, 5) is 49.0. The molecule has 1 saturated heterocycles. The molecule has 2 amide bonds. The highest BCUT2D eigenvalue weighted by Crippen LogP contribution is 2.26. The Labute approximate surface area is 221 Å². The van der Waals surface area contributed by atoms with Crippen molar-refractivity contribution in [2.24, 2.45) is 0 Å². The number of amides is 2. The SMILES string of the molecule is O=C(O)CCC(=O)N1CSCC1C(=O)NC(Cc1ccc(OCc2c(Cl)cccc2Cl)cc1)C(=O)O. The van der Waals surface area contributed by atoms with Crippen LogP contribution in [0.2, 0.25) is 10.0 Å². The predicted octanol–water partition coefficient (Wildman–Crippen LogP) is 3.45. The number of hydrogen-bond donors (Lipinski definition) is 3. The van der Waals surface area contributed by atoms with Crippen LogP contribution in [0.5, 0.6) is 5.75 Å². The van der Waals surface area contributed by atoms with E-state index in [1.165, 1.54) is 16.7 Å². The summed E-state index contributed by atoms with van der Waals surface area (Å²) in [6.45, 7) is 0.159. The van der Waals surface area contributed by atoms with E-state index in [9.17, 15) is 24.3 Å². The third-order valence-electron chi connectivity index (χ3n) is 5.48. The van der Waals surface area contributed by atoms with Crippen LogP contribution in [0.3, 0.4) is 0 Å². The van der Waals surface area contributed by atoms with Gasteiger partial charge in [0, 0.05) is 34.2 Å². The average Bonchev–Trinajstić information content (AvgIpc) is 3.33. The maximum absolute atomic E-state index is 12.8. The molecule has 1 aliphatic heterocycles. The van der Waals surface area contributed by atoms with E-state index in [1.54, 1.807) is 42.5 Å². The number of carboxylic acids is 2.